The maximum atomic E-state index is 15.8. The lowest BCUT2D eigenvalue weighted by molar-refractivity contribution is 0.109. The van der Waals surface area contributed by atoms with E-state index in [0.717, 1.165) is 33.3 Å². The first kappa shape index (κ1) is 22.9. The molecule has 37 heavy (non-hydrogen) atoms. The molecule has 1 aliphatic rings. The summed E-state index contributed by atoms with van der Waals surface area (Å²) in [5, 5.41) is 23.7. The Hall–Kier alpha value is -4.58. The number of aromatic nitrogens is 6. The van der Waals surface area contributed by atoms with Gasteiger partial charge in [0, 0.05) is 68.1 Å². The van der Waals surface area contributed by atoms with Crippen molar-refractivity contribution in [2.24, 2.45) is 7.05 Å². The number of anilines is 1. The molecule has 2 aromatic carbocycles. The second kappa shape index (κ2) is 9.13. The largest absolute Gasteiger partial charge is 0.370 e. The van der Waals surface area contributed by atoms with E-state index in [-0.39, 0.29) is 12.8 Å². The van der Waals surface area contributed by atoms with Crippen LogP contribution in [-0.2, 0) is 19.3 Å². The lowest BCUT2D eigenvalue weighted by atomic mass is 9.90. The number of fused-ring (bicyclic) bond motifs is 1. The fourth-order valence-corrected chi connectivity index (χ4v) is 5.23. The monoisotopic (exact) mass is 492 g/mol. The molecule has 184 valence electrons. The maximum Gasteiger partial charge on any atom is 0.173 e. The average Bonchev–Trinajstić information content (AvgIpc) is 3.55. The number of halogens is 1. The van der Waals surface area contributed by atoms with Crippen LogP contribution in [0, 0.1) is 11.3 Å². The maximum absolute atomic E-state index is 15.8. The Morgan fingerprint density at radius 3 is 2.57 bits per heavy atom. The topological polar surface area (TPSA) is 88.5 Å². The second-order valence-electron chi connectivity index (χ2n) is 9.47. The Kier molecular flexibility index (Phi) is 5.64. The van der Waals surface area contributed by atoms with Crippen LogP contribution in [0.25, 0.3) is 22.0 Å². The van der Waals surface area contributed by atoms with Crippen LogP contribution in [-0.4, -0.2) is 42.6 Å². The number of hydrogen-bond donors (Lipinski definition) is 0. The highest BCUT2D eigenvalue weighted by Crippen LogP contribution is 2.42. The normalized spacial score (nSPS) is 15.1. The van der Waals surface area contributed by atoms with Crippen molar-refractivity contribution in [2.75, 3.05) is 18.0 Å². The summed E-state index contributed by atoms with van der Waals surface area (Å²) in [5.41, 5.74) is 3.47. The van der Waals surface area contributed by atoms with E-state index in [1.165, 1.54) is 6.33 Å². The fourth-order valence-electron chi connectivity index (χ4n) is 5.23. The smallest absolute Gasteiger partial charge is 0.173 e. The molecule has 0 spiro atoms. The predicted molar refractivity (Wildman–Crippen MR) is 138 cm³/mol. The zero-order valence-electron chi connectivity index (χ0n) is 20.4. The molecule has 0 N–H and O–H groups in total. The van der Waals surface area contributed by atoms with Crippen LogP contribution in [0.15, 0.2) is 73.4 Å². The summed E-state index contributed by atoms with van der Waals surface area (Å²) in [6, 6.07) is 18.2. The van der Waals surface area contributed by atoms with Gasteiger partial charge in [0.1, 0.15) is 17.9 Å². The van der Waals surface area contributed by atoms with E-state index in [0.29, 0.717) is 31.0 Å². The van der Waals surface area contributed by atoms with Gasteiger partial charge in [-0.15, -0.1) is 10.2 Å². The van der Waals surface area contributed by atoms with E-state index in [4.69, 9.17) is 5.10 Å². The van der Waals surface area contributed by atoms with Crippen molar-refractivity contribution in [3.8, 4) is 17.2 Å². The number of piperidine rings is 1. The van der Waals surface area contributed by atoms with Crippen LogP contribution < -0.4 is 4.90 Å². The Bertz CT molecular complexity index is 1610. The molecule has 0 atom stereocenters. The molecular formula is C28H25FN8. The number of rotatable bonds is 5. The lowest BCUT2D eigenvalue weighted by Gasteiger charge is -2.38. The van der Waals surface area contributed by atoms with Gasteiger partial charge >= 0.3 is 0 Å². The van der Waals surface area contributed by atoms with Crippen LogP contribution >= 0.6 is 0 Å². The number of aryl methyl sites for hydroxylation is 1. The van der Waals surface area contributed by atoms with Gasteiger partial charge in [0.25, 0.3) is 0 Å². The Labute approximate surface area is 213 Å². The van der Waals surface area contributed by atoms with Gasteiger partial charge in [0.05, 0.1) is 17.8 Å². The molecule has 4 heterocycles. The van der Waals surface area contributed by atoms with Crippen LogP contribution in [0.4, 0.5) is 10.1 Å². The van der Waals surface area contributed by atoms with Gasteiger partial charge in [0.2, 0.25) is 0 Å². The third-order valence-corrected chi connectivity index (χ3v) is 7.08. The van der Waals surface area contributed by atoms with Gasteiger partial charge in [-0.25, -0.2) is 4.39 Å². The number of alkyl halides is 1. The molecule has 0 aliphatic carbocycles. The molecule has 0 radical (unpaired) electrons. The van der Waals surface area contributed by atoms with Crippen molar-refractivity contribution in [3.05, 3.63) is 90.4 Å². The summed E-state index contributed by atoms with van der Waals surface area (Å²) in [4.78, 5) is 6.58. The van der Waals surface area contributed by atoms with Gasteiger partial charge in [-0.1, -0.05) is 42.5 Å². The number of pyridine rings is 1. The Morgan fingerprint density at radius 1 is 1.03 bits per heavy atom. The molecular weight excluding hydrogens is 467 g/mol. The van der Waals surface area contributed by atoms with E-state index in [1.807, 2.05) is 41.2 Å². The molecule has 6 rings (SSSR count). The van der Waals surface area contributed by atoms with Crippen LogP contribution in [0.1, 0.15) is 29.8 Å². The zero-order valence-corrected chi connectivity index (χ0v) is 20.4. The highest BCUT2D eigenvalue weighted by atomic mass is 19.1. The van der Waals surface area contributed by atoms with Crippen molar-refractivity contribution < 1.29 is 4.39 Å². The van der Waals surface area contributed by atoms with Crippen molar-refractivity contribution in [1.29, 1.82) is 5.26 Å². The van der Waals surface area contributed by atoms with Gasteiger partial charge in [-0.2, -0.15) is 10.4 Å². The van der Waals surface area contributed by atoms with Gasteiger partial charge < -0.3 is 9.47 Å². The predicted octanol–water partition coefficient (Wildman–Crippen LogP) is 4.61. The SMILES string of the molecule is Cn1cnnc1C1(F)CCN(c2c(C#N)cccc2-c2cncc3cn(Cc4ccccc4)nc23)CC1. The molecule has 9 heteroatoms. The highest BCUT2D eigenvalue weighted by molar-refractivity contribution is 5.97. The van der Waals surface area contributed by atoms with Crippen LogP contribution in [0.3, 0.4) is 0 Å². The van der Waals surface area contributed by atoms with Crippen molar-refractivity contribution in [2.45, 2.75) is 25.1 Å². The fraction of sp³-hybridized carbons (Fsp3) is 0.250. The molecule has 0 bridgehead atoms. The first-order chi connectivity index (χ1) is 18.1. The average molecular weight is 493 g/mol. The number of benzene rings is 2. The summed E-state index contributed by atoms with van der Waals surface area (Å²) in [7, 11) is 1.76. The quantitative estimate of drug-likeness (QED) is 0.356. The minimum Gasteiger partial charge on any atom is -0.370 e. The molecule has 1 saturated heterocycles. The van der Waals surface area contributed by atoms with E-state index < -0.39 is 5.67 Å². The van der Waals surface area contributed by atoms with Gasteiger partial charge in [-0.05, 0) is 11.6 Å². The highest BCUT2D eigenvalue weighted by Gasteiger charge is 2.41. The van der Waals surface area contributed by atoms with Gasteiger partial charge in [0.15, 0.2) is 11.5 Å². The zero-order chi connectivity index (χ0) is 25.4. The van der Waals surface area contributed by atoms with Crippen LogP contribution in [0.5, 0.6) is 0 Å². The lowest BCUT2D eigenvalue weighted by Crippen LogP contribution is -2.42. The summed E-state index contributed by atoms with van der Waals surface area (Å²) in [5.74, 6) is 0.346. The molecule has 0 saturated carbocycles. The van der Waals surface area contributed by atoms with Crippen molar-refractivity contribution >= 4 is 16.6 Å². The van der Waals surface area contributed by atoms with E-state index in [9.17, 15) is 5.26 Å². The summed E-state index contributed by atoms with van der Waals surface area (Å²) in [6.45, 7) is 1.54. The van der Waals surface area contributed by atoms with E-state index in [2.05, 4.69) is 38.3 Å². The minimum absolute atomic E-state index is 0.257. The molecule has 8 nitrogen and oxygen atoms in total. The van der Waals surface area contributed by atoms with E-state index in [1.54, 1.807) is 30.1 Å². The summed E-state index contributed by atoms with van der Waals surface area (Å²) in [6.07, 6.45) is 7.63. The number of para-hydroxylation sites is 1. The second-order valence-corrected chi connectivity index (χ2v) is 9.47. The first-order valence-corrected chi connectivity index (χ1v) is 12.2. The number of nitriles is 1. The summed E-state index contributed by atoms with van der Waals surface area (Å²) >= 11 is 0. The van der Waals surface area contributed by atoms with Gasteiger partial charge in [-0.3, -0.25) is 9.67 Å². The molecule has 3 aromatic heterocycles. The molecule has 1 fully saturated rings. The Balaban J connectivity index is 1.37. The molecule has 0 amide bonds. The number of hydrogen-bond acceptors (Lipinski definition) is 6. The van der Waals surface area contributed by atoms with Crippen LogP contribution in [0.2, 0.25) is 0 Å². The third kappa shape index (κ3) is 4.10. The standard InChI is InChI=1S/C28H25FN8/c1-35-19-32-33-27(35)28(29)10-12-36(13-11-28)26-21(14-30)8-5-9-23(26)24-16-31-15-22-18-37(34-25(22)24)17-20-6-3-2-4-7-20/h2-9,15-16,18-19H,10-13,17H2,1H3. The molecule has 0 unspecified atom stereocenters. The minimum atomic E-state index is -1.55. The Morgan fingerprint density at radius 2 is 1.84 bits per heavy atom. The molecule has 5 aromatic rings. The van der Waals surface area contributed by atoms with E-state index >= 15 is 4.39 Å². The number of nitrogens with zero attached hydrogens (tertiary/aromatic N) is 8. The first-order valence-electron chi connectivity index (χ1n) is 12.2. The third-order valence-electron chi connectivity index (χ3n) is 7.08. The molecule has 1 aliphatic heterocycles. The van der Waals surface area contributed by atoms with Crippen molar-refractivity contribution in [1.82, 2.24) is 29.5 Å². The summed E-state index contributed by atoms with van der Waals surface area (Å²) < 4.78 is 19.4. The van der Waals surface area contributed by atoms with Crippen molar-refractivity contribution in [3.63, 3.8) is 0 Å².